The highest BCUT2D eigenvalue weighted by atomic mass is 15.2. The summed E-state index contributed by atoms with van der Waals surface area (Å²) in [6.07, 6.45) is 4.57. The van der Waals surface area contributed by atoms with Crippen LogP contribution in [0.15, 0.2) is 48.8 Å². The highest BCUT2D eigenvalue weighted by Crippen LogP contribution is 2.11. The van der Waals surface area contributed by atoms with E-state index < -0.39 is 0 Å². The summed E-state index contributed by atoms with van der Waals surface area (Å²) < 4.78 is 0. The van der Waals surface area contributed by atoms with Gasteiger partial charge in [0.1, 0.15) is 0 Å². The van der Waals surface area contributed by atoms with E-state index in [9.17, 15) is 0 Å². The van der Waals surface area contributed by atoms with Crippen molar-refractivity contribution in [2.45, 2.75) is 6.42 Å². The second kappa shape index (κ2) is 4.57. The average Bonchev–Trinajstić information content (AvgIpc) is 2.31. The molecular weight excluding hydrogens is 186 g/mol. The highest BCUT2D eigenvalue weighted by Gasteiger charge is 1.95. The molecule has 3 N–H and O–H groups in total. The Labute approximate surface area is 88.9 Å². The van der Waals surface area contributed by atoms with Gasteiger partial charge in [0.25, 0.3) is 0 Å². The van der Waals surface area contributed by atoms with Gasteiger partial charge in [-0.3, -0.25) is 10.8 Å². The maximum atomic E-state index is 5.29. The Balaban J connectivity index is 2.11. The molecule has 0 saturated heterocycles. The first-order chi connectivity index (χ1) is 7.38. The zero-order chi connectivity index (χ0) is 10.5. The number of nitrogen functional groups attached to an aromatic ring is 1. The van der Waals surface area contributed by atoms with Gasteiger partial charge in [0.15, 0.2) is 0 Å². The molecular formula is C12H13N3. The fourth-order valence-corrected chi connectivity index (χ4v) is 1.46. The molecule has 3 heteroatoms. The van der Waals surface area contributed by atoms with E-state index >= 15 is 0 Å². The molecule has 0 atom stereocenters. The minimum absolute atomic E-state index is 0.901. The number of nitrogens with zero attached hydrogens (tertiary/aromatic N) is 1. The summed E-state index contributed by atoms with van der Waals surface area (Å²) in [7, 11) is 0. The lowest BCUT2D eigenvalue weighted by Crippen LogP contribution is -2.06. The summed E-state index contributed by atoms with van der Waals surface area (Å²) in [6, 6.07) is 12.1. The summed E-state index contributed by atoms with van der Waals surface area (Å²) in [5.41, 5.74) is 5.99. The first-order valence-electron chi connectivity index (χ1n) is 4.83. The Hall–Kier alpha value is -1.87. The maximum Gasteiger partial charge on any atom is 0.0485 e. The van der Waals surface area contributed by atoms with Crippen molar-refractivity contribution in [3.8, 4) is 0 Å². The Morgan fingerprint density at radius 3 is 2.47 bits per heavy atom. The summed E-state index contributed by atoms with van der Waals surface area (Å²) in [4.78, 5) is 4.08. The largest absolute Gasteiger partial charge is 0.324 e. The minimum atomic E-state index is 0.901. The van der Waals surface area contributed by atoms with E-state index in [0.29, 0.717) is 0 Å². The molecule has 2 aromatic rings. The van der Waals surface area contributed by atoms with E-state index in [1.54, 1.807) is 6.20 Å². The molecule has 0 amide bonds. The molecule has 2 rings (SSSR count). The number of aromatic nitrogens is 1. The Kier molecular flexibility index (Phi) is 2.95. The van der Waals surface area contributed by atoms with E-state index in [4.69, 9.17) is 5.84 Å². The lowest BCUT2D eigenvalue weighted by molar-refractivity contribution is 1.14. The normalized spacial score (nSPS) is 9.93. The lowest BCUT2D eigenvalue weighted by Gasteiger charge is -2.03. The number of nitrogens with two attached hydrogens (primary N) is 1. The molecule has 1 aromatic carbocycles. The number of hydrogen-bond donors (Lipinski definition) is 2. The molecule has 0 saturated carbocycles. The van der Waals surface area contributed by atoms with Gasteiger partial charge >= 0.3 is 0 Å². The Bertz CT molecular complexity index is 409. The van der Waals surface area contributed by atoms with Gasteiger partial charge in [-0.05, 0) is 35.7 Å². The molecule has 0 unspecified atom stereocenters. The molecule has 0 fully saturated rings. The summed E-state index contributed by atoms with van der Waals surface area (Å²) in [6.45, 7) is 0. The molecule has 0 aliphatic rings. The Morgan fingerprint density at radius 2 is 1.87 bits per heavy atom. The van der Waals surface area contributed by atoms with Crippen molar-refractivity contribution in [1.82, 2.24) is 4.98 Å². The van der Waals surface area contributed by atoms with Gasteiger partial charge in [-0.1, -0.05) is 18.2 Å². The molecule has 0 bridgehead atoms. The van der Waals surface area contributed by atoms with Crippen LogP contribution in [-0.2, 0) is 6.42 Å². The number of hydrogen-bond acceptors (Lipinski definition) is 3. The van der Waals surface area contributed by atoms with Gasteiger partial charge in [-0.15, -0.1) is 0 Å². The van der Waals surface area contributed by atoms with Gasteiger partial charge < -0.3 is 5.43 Å². The third-order valence-corrected chi connectivity index (χ3v) is 2.25. The smallest absolute Gasteiger partial charge is 0.0485 e. The fraction of sp³-hybridized carbons (Fsp3) is 0.0833. The van der Waals surface area contributed by atoms with Crippen molar-refractivity contribution in [3.05, 3.63) is 59.9 Å². The zero-order valence-corrected chi connectivity index (χ0v) is 8.35. The molecule has 15 heavy (non-hydrogen) atoms. The van der Waals surface area contributed by atoms with E-state index in [-0.39, 0.29) is 0 Å². The van der Waals surface area contributed by atoms with Crippen LogP contribution in [0, 0.1) is 0 Å². The van der Waals surface area contributed by atoms with Crippen LogP contribution in [0.1, 0.15) is 11.1 Å². The van der Waals surface area contributed by atoms with E-state index in [1.807, 2.05) is 24.4 Å². The van der Waals surface area contributed by atoms with Crippen molar-refractivity contribution in [1.29, 1.82) is 0 Å². The van der Waals surface area contributed by atoms with E-state index in [0.717, 1.165) is 12.1 Å². The monoisotopic (exact) mass is 199 g/mol. The first kappa shape index (κ1) is 9.68. The number of benzene rings is 1. The molecule has 1 aromatic heterocycles. The number of hydrazine groups is 1. The SMILES string of the molecule is NNc1ccc(Cc2cccnc2)cc1. The highest BCUT2D eigenvalue weighted by molar-refractivity contribution is 5.43. The van der Waals surface area contributed by atoms with Crippen LogP contribution in [0.5, 0.6) is 0 Å². The summed E-state index contributed by atoms with van der Waals surface area (Å²) in [5.74, 6) is 5.29. The topological polar surface area (TPSA) is 50.9 Å². The van der Waals surface area contributed by atoms with Crippen LogP contribution < -0.4 is 11.3 Å². The lowest BCUT2D eigenvalue weighted by atomic mass is 10.1. The molecule has 0 spiro atoms. The predicted molar refractivity (Wildman–Crippen MR) is 61.3 cm³/mol. The standard InChI is InChI=1S/C12H13N3/c13-15-12-5-3-10(4-6-12)8-11-2-1-7-14-9-11/h1-7,9,15H,8,13H2. The van der Waals surface area contributed by atoms with E-state index in [1.165, 1.54) is 11.1 Å². The van der Waals surface area contributed by atoms with Gasteiger partial charge in [0, 0.05) is 18.1 Å². The average molecular weight is 199 g/mol. The number of anilines is 1. The zero-order valence-electron chi connectivity index (χ0n) is 8.35. The molecule has 0 radical (unpaired) electrons. The van der Waals surface area contributed by atoms with Gasteiger partial charge in [-0.2, -0.15) is 0 Å². The quantitative estimate of drug-likeness (QED) is 0.587. The van der Waals surface area contributed by atoms with Crippen molar-refractivity contribution >= 4 is 5.69 Å². The van der Waals surface area contributed by atoms with Gasteiger partial charge in [0.2, 0.25) is 0 Å². The van der Waals surface area contributed by atoms with Gasteiger partial charge in [0.05, 0.1) is 0 Å². The third kappa shape index (κ3) is 2.54. The second-order valence-corrected chi connectivity index (χ2v) is 3.38. The molecule has 76 valence electrons. The molecule has 1 heterocycles. The second-order valence-electron chi connectivity index (χ2n) is 3.38. The van der Waals surface area contributed by atoms with Crippen molar-refractivity contribution in [2.24, 2.45) is 5.84 Å². The van der Waals surface area contributed by atoms with Crippen molar-refractivity contribution < 1.29 is 0 Å². The summed E-state index contributed by atoms with van der Waals surface area (Å²) >= 11 is 0. The number of nitrogens with one attached hydrogen (secondary N) is 1. The Morgan fingerprint density at radius 1 is 1.07 bits per heavy atom. The van der Waals surface area contributed by atoms with Crippen LogP contribution in [0.4, 0.5) is 5.69 Å². The third-order valence-electron chi connectivity index (χ3n) is 2.25. The number of rotatable bonds is 3. The van der Waals surface area contributed by atoms with Crippen LogP contribution in [0.25, 0.3) is 0 Å². The maximum absolute atomic E-state index is 5.29. The first-order valence-corrected chi connectivity index (χ1v) is 4.83. The minimum Gasteiger partial charge on any atom is -0.324 e. The van der Waals surface area contributed by atoms with Crippen molar-refractivity contribution in [2.75, 3.05) is 5.43 Å². The van der Waals surface area contributed by atoms with Crippen LogP contribution in [0.2, 0.25) is 0 Å². The molecule has 0 aliphatic carbocycles. The van der Waals surface area contributed by atoms with Crippen LogP contribution in [-0.4, -0.2) is 4.98 Å². The molecule has 0 aliphatic heterocycles. The predicted octanol–water partition coefficient (Wildman–Crippen LogP) is 1.96. The van der Waals surface area contributed by atoms with Crippen molar-refractivity contribution in [3.63, 3.8) is 0 Å². The van der Waals surface area contributed by atoms with Gasteiger partial charge in [-0.25, -0.2) is 0 Å². The fourth-order valence-electron chi connectivity index (χ4n) is 1.46. The number of pyridine rings is 1. The van der Waals surface area contributed by atoms with Crippen LogP contribution in [0.3, 0.4) is 0 Å². The molecule has 3 nitrogen and oxygen atoms in total. The van der Waals surface area contributed by atoms with Crippen LogP contribution >= 0.6 is 0 Å². The summed E-state index contributed by atoms with van der Waals surface area (Å²) in [5, 5.41) is 0. The van der Waals surface area contributed by atoms with E-state index in [2.05, 4.69) is 28.6 Å².